The van der Waals surface area contributed by atoms with Crippen molar-refractivity contribution in [2.75, 3.05) is 37.3 Å². The van der Waals surface area contributed by atoms with Crippen molar-refractivity contribution in [1.82, 2.24) is 0 Å². The molecule has 166 valence electrons. The van der Waals surface area contributed by atoms with Gasteiger partial charge >= 0.3 is 0 Å². The van der Waals surface area contributed by atoms with Gasteiger partial charge in [0, 0.05) is 46.1 Å². The second-order valence-corrected chi connectivity index (χ2v) is 9.50. The van der Waals surface area contributed by atoms with Gasteiger partial charge in [-0.05, 0) is 54.8 Å². The molecule has 0 saturated carbocycles. The highest BCUT2D eigenvalue weighted by atomic mass is 32.2. The second kappa shape index (κ2) is 9.65. The van der Waals surface area contributed by atoms with Gasteiger partial charge in [0.1, 0.15) is 17.4 Å². The van der Waals surface area contributed by atoms with Crippen LogP contribution in [0.1, 0.15) is 5.56 Å². The molecule has 0 spiro atoms. The molecule has 0 atom stereocenters. The van der Waals surface area contributed by atoms with Gasteiger partial charge in [-0.25, -0.2) is 0 Å². The van der Waals surface area contributed by atoms with Gasteiger partial charge < -0.3 is 9.64 Å². The van der Waals surface area contributed by atoms with Crippen LogP contribution in [-0.4, -0.2) is 33.4 Å². The number of hydrogen-bond donors (Lipinski definition) is 0. The molecule has 5 nitrogen and oxygen atoms in total. The molecule has 0 saturated heterocycles. The van der Waals surface area contributed by atoms with Crippen molar-refractivity contribution in [2.45, 2.75) is 14.7 Å². The van der Waals surface area contributed by atoms with E-state index in [1.165, 1.54) is 0 Å². The van der Waals surface area contributed by atoms with E-state index >= 15 is 0 Å². The minimum atomic E-state index is -0.372. The summed E-state index contributed by atoms with van der Waals surface area (Å²) in [6.07, 6.45) is 3.60. The standard InChI is InChI=1S/C26H23N3O2S2/c1-28(2)19-10-9-17(23(14-19)31-3)13-18(16-27)26(30)29-21-7-5-6-8-24(21)33-25-12-11-20(32-4)15-22(25)29/h5-15H,1-4H3/b18-13-. The van der Waals surface area contributed by atoms with Gasteiger partial charge in [0.05, 0.1) is 18.5 Å². The summed E-state index contributed by atoms with van der Waals surface area (Å²) in [6.45, 7) is 0. The van der Waals surface area contributed by atoms with Crippen molar-refractivity contribution >= 4 is 52.6 Å². The maximum Gasteiger partial charge on any atom is 0.273 e. The lowest BCUT2D eigenvalue weighted by Gasteiger charge is -2.31. The summed E-state index contributed by atoms with van der Waals surface area (Å²) in [5, 5.41) is 9.97. The Balaban J connectivity index is 1.82. The van der Waals surface area contributed by atoms with Crippen LogP contribution in [0.4, 0.5) is 17.1 Å². The number of fused-ring (bicyclic) bond motifs is 2. The first kappa shape index (κ1) is 22.8. The summed E-state index contributed by atoms with van der Waals surface area (Å²) < 4.78 is 5.54. The first-order valence-electron chi connectivity index (χ1n) is 10.2. The molecular formula is C26H23N3O2S2. The molecule has 0 N–H and O–H groups in total. The Bertz CT molecular complexity index is 1290. The number of rotatable bonds is 5. The Hall–Kier alpha value is -3.34. The zero-order valence-electron chi connectivity index (χ0n) is 18.8. The fraction of sp³-hybridized carbons (Fsp3) is 0.154. The van der Waals surface area contributed by atoms with Crippen LogP contribution in [0.2, 0.25) is 0 Å². The number of para-hydroxylation sites is 1. The van der Waals surface area contributed by atoms with E-state index in [9.17, 15) is 10.1 Å². The van der Waals surface area contributed by atoms with Crippen molar-refractivity contribution in [1.29, 1.82) is 5.26 Å². The van der Waals surface area contributed by atoms with Crippen molar-refractivity contribution in [3.05, 3.63) is 71.8 Å². The van der Waals surface area contributed by atoms with Gasteiger partial charge in [0.15, 0.2) is 0 Å². The van der Waals surface area contributed by atoms with E-state index in [1.807, 2.05) is 85.9 Å². The van der Waals surface area contributed by atoms with E-state index < -0.39 is 0 Å². The number of thioether (sulfide) groups is 1. The van der Waals surface area contributed by atoms with Crippen LogP contribution in [0.3, 0.4) is 0 Å². The van der Waals surface area contributed by atoms with E-state index in [4.69, 9.17) is 4.74 Å². The lowest BCUT2D eigenvalue weighted by atomic mass is 10.1. The van der Waals surface area contributed by atoms with Crippen molar-refractivity contribution < 1.29 is 9.53 Å². The van der Waals surface area contributed by atoms with Crippen molar-refractivity contribution in [2.24, 2.45) is 0 Å². The first-order chi connectivity index (χ1) is 16.0. The van der Waals surface area contributed by atoms with Gasteiger partial charge in [-0.1, -0.05) is 23.9 Å². The molecular weight excluding hydrogens is 450 g/mol. The summed E-state index contributed by atoms with van der Waals surface area (Å²) in [5.74, 6) is 0.227. The van der Waals surface area contributed by atoms with E-state index in [1.54, 1.807) is 41.6 Å². The summed E-state index contributed by atoms with van der Waals surface area (Å²) in [7, 11) is 5.47. The number of nitriles is 1. The van der Waals surface area contributed by atoms with E-state index in [-0.39, 0.29) is 11.5 Å². The molecule has 0 aromatic heterocycles. The van der Waals surface area contributed by atoms with Crippen LogP contribution in [-0.2, 0) is 4.79 Å². The molecule has 1 aliphatic rings. The summed E-state index contributed by atoms with van der Waals surface area (Å²) in [5.41, 5.74) is 3.23. The van der Waals surface area contributed by atoms with E-state index in [0.29, 0.717) is 11.3 Å². The van der Waals surface area contributed by atoms with Crippen LogP contribution in [0.25, 0.3) is 6.08 Å². The largest absolute Gasteiger partial charge is 0.496 e. The Kier molecular flexibility index (Phi) is 6.68. The number of nitrogens with zero attached hydrogens (tertiary/aromatic N) is 3. The topological polar surface area (TPSA) is 56.6 Å². The third-order valence-corrected chi connectivity index (χ3v) is 7.18. The minimum absolute atomic E-state index is 0.0353. The zero-order chi connectivity index (χ0) is 23.5. The molecule has 0 radical (unpaired) electrons. The zero-order valence-corrected chi connectivity index (χ0v) is 20.5. The highest BCUT2D eigenvalue weighted by Gasteiger charge is 2.30. The maximum absolute atomic E-state index is 13.8. The van der Waals surface area contributed by atoms with Crippen LogP contribution in [0, 0.1) is 11.3 Å². The number of carbonyl (C=O) groups excluding carboxylic acids is 1. The second-order valence-electron chi connectivity index (χ2n) is 7.53. The molecule has 1 heterocycles. The Morgan fingerprint density at radius 2 is 1.85 bits per heavy atom. The maximum atomic E-state index is 13.8. The molecule has 4 rings (SSSR count). The Morgan fingerprint density at radius 1 is 1.09 bits per heavy atom. The highest BCUT2D eigenvalue weighted by Crippen LogP contribution is 2.49. The van der Waals surface area contributed by atoms with E-state index in [2.05, 4.69) is 6.07 Å². The number of anilines is 3. The molecule has 1 amide bonds. The fourth-order valence-electron chi connectivity index (χ4n) is 3.60. The molecule has 0 aliphatic carbocycles. The number of hydrogen-bond acceptors (Lipinski definition) is 6. The van der Waals surface area contributed by atoms with Crippen molar-refractivity contribution in [3.63, 3.8) is 0 Å². The Labute approximate surface area is 202 Å². The van der Waals surface area contributed by atoms with Crippen molar-refractivity contribution in [3.8, 4) is 11.8 Å². The number of carbonyl (C=O) groups is 1. The van der Waals surface area contributed by atoms with E-state index in [0.717, 1.165) is 31.7 Å². The number of benzene rings is 3. The minimum Gasteiger partial charge on any atom is -0.496 e. The lowest BCUT2D eigenvalue weighted by molar-refractivity contribution is -0.114. The Morgan fingerprint density at radius 3 is 2.55 bits per heavy atom. The molecule has 0 bridgehead atoms. The predicted molar refractivity (Wildman–Crippen MR) is 137 cm³/mol. The molecule has 7 heteroatoms. The van der Waals surface area contributed by atoms with Crippen LogP contribution in [0.15, 0.2) is 80.9 Å². The quantitative estimate of drug-likeness (QED) is 0.249. The summed E-state index contributed by atoms with van der Waals surface area (Å²) >= 11 is 3.24. The van der Waals surface area contributed by atoms with Gasteiger partial charge in [0.2, 0.25) is 0 Å². The van der Waals surface area contributed by atoms with Crippen LogP contribution in [0.5, 0.6) is 5.75 Å². The molecule has 1 aliphatic heterocycles. The average Bonchev–Trinajstić information content (AvgIpc) is 2.84. The predicted octanol–water partition coefficient (Wildman–Crippen LogP) is 6.22. The average molecular weight is 474 g/mol. The number of amides is 1. The fourth-order valence-corrected chi connectivity index (χ4v) is 5.07. The third-order valence-electron chi connectivity index (χ3n) is 5.32. The van der Waals surface area contributed by atoms with Crippen LogP contribution < -0.4 is 14.5 Å². The molecule has 3 aromatic rings. The summed E-state index contributed by atoms with van der Waals surface area (Å²) in [4.78, 5) is 20.4. The van der Waals surface area contributed by atoms with Gasteiger partial charge in [0.25, 0.3) is 5.91 Å². The SMILES string of the molecule is COc1cc(N(C)C)ccc1/C=C(/C#N)C(=O)N1c2ccccc2Sc2ccc(SC)cc21. The van der Waals surface area contributed by atoms with Gasteiger partial charge in [-0.15, -0.1) is 11.8 Å². The van der Waals surface area contributed by atoms with Crippen LogP contribution >= 0.6 is 23.5 Å². The normalized spacial score (nSPS) is 12.5. The first-order valence-corrected chi connectivity index (χ1v) is 12.3. The molecule has 0 fully saturated rings. The number of ether oxygens (including phenoxy) is 1. The van der Waals surface area contributed by atoms with Gasteiger partial charge in [-0.3, -0.25) is 9.69 Å². The molecule has 0 unspecified atom stereocenters. The van der Waals surface area contributed by atoms with Gasteiger partial charge in [-0.2, -0.15) is 5.26 Å². The molecule has 33 heavy (non-hydrogen) atoms. The smallest absolute Gasteiger partial charge is 0.273 e. The lowest BCUT2D eigenvalue weighted by Crippen LogP contribution is -2.29. The summed E-state index contributed by atoms with van der Waals surface area (Å²) in [6, 6.07) is 21.6. The number of methoxy groups -OCH3 is 1. The monoisotopic (exact) mass is 473 g/mol. The highest BCUT2D eigenvalue weighted by molar-refractivity contribution is 8.00. The molecule has 3 aromatic carbocycles. The third kappa shape index (κ3) is 4.45.